The number of carbonyl (C=O) groups is 3. The van der Waals surface area contributed by atoms with Crippen molar-refractivity contribution in [2.45, 2.75) is 13.8 Å². The van der Waals surface area contributed by atoms with Crippen LogP contribution < -0.4 is 10.6 Å². The highest BCUT2D eigenvalue weighted by molar-refractivity contribution is 6.04. The molecule has 0 aliphatic heterocycles. The molecule has 0 spiro atoms. The van der Waals surface area contributed by atoms with Crippen LogP contribution in [0, 0.1) is 0 Å². The standard InChI is InChI=1S/C24H24N4O5/c1-3-32-22(29)19-15-20(26-21(19)27-23(30)28-24(31)33-4-2)17-12-13-25-18(14-17)11-10-16-8-6-5-7-9-16/h5-15,26H,3-4H2,1-2H3,(H2,27,28,30,31). The lowest BCUT2D eigenvalue weighted by Crippen LogP contribution is -2.35. The number of benzene rings is 1. The third kappa shape index (κ3) is 6.54. The van der Waals surface area contributed by atoms with Crippen LogP contribution in [0.2, 0.25) is 0 Å². The molecular weight excluding hydrogens is 424 g/mol. The van der Waals surface area contributed by atoms with Crippen molar-refractivity contribution in [3.8, 4) is 11.3 Å². The molecule has 0 bridgehead atoms. The summed E-state index contributed by atoms with van der Waals surface area (Å²) in [5, 5.41) is 4.47. The van der Waals surface area contributed by atoms with Crippen LogP contribution in [0.25, 0.3) is 23.4 Å². The molecule has 33 heavy (non-hydrogen) atoms. The van der Waals surface area contributed by atoms with E-state index in [9.17, 15) is 14.4 Å². The number of nitrogens with one attached hydrogen (secondary N) is 3. The Morgan fingerprint density at radius 1 is 1.00 bits per heavy atom. The number of aromatic nitrogens is 2. The molecule has 0 aliphatic carbocycles. The van der Waals surface area contributed by atoms with Gasteiger partial charge in [-0.05, 0) is 43.7 Å². The number of hydrogen-bond donors (Lipinski definition) is 3. The van der Waals surface area contributed by atoms with Gasteiger partial charge in [-0.2, -0.15) is 0 Å². The summed E-state index contributed by atoms with van der Waals surface area (Å²) in [5.74, 6) is -0.534. The first-order valence-corrected chi connectivity index (χ1v) is 10.3. The summed E-state index contributed by atoms with van der Waals surface area (Å²) in [6.07, 6.45) is 4.56. The van der Waals surface area contributed by atoms with E-state index in [0.29, 0.717) is 11.4 Å². The molecule has 9 heteroatoms. The Morgan fingerprint density at radius 3 is 2.48 bits per heavy atom. The second kappa shape index (κ2) is 11.3. The minimum absolute atomic E-state index is 0.0865. The molecule has 0 radical (unpaired) electrons. The third-order valence-corrected chi connectivity index (χ3v) is 4.38. The minimum atomic E-state index is -0.900. The number of nitrogens with zero attached hydrogens (tertiary/aromatic N) is 1. The van der Waals surface area contributed by atoms with Crippen LogP contribution in [0.5, 0.6) is 0 Å². The first-order valence-electron chi connectivity index (χ1n) is 10.3. The average Bonchev–Trinajstić information content (AvgIpc) is 3.22. The topological polar surface area (TPSA) is 122 Å². The molecule has 0 saturated heterocycles. The molecule has 3 aromatic rings. The van der Waals surface area contributed by atoms with Crippen molar-refractivity contribution in [3.05, 3.63) is 71.5 Å². The lowest BCUT2D eigenvalue weighted by atomic mass is 10.1. The smallest absolute Gasteiger partial charge is 0.415 e. The summed E-state index contributed by atoms with van der Waals surface area (Å²) < 4.78 is 9.77. The maximum absolute atomic E-state index is 12.4. The third-order valence-electron chi connectivity index (χ3n) is 4.38. The zero-order valence-electron chi connectivity index (χ0n) is 18.3. The van der Waals surface area contributed by atoms with Crippen LogP contribution in [-0.2, 0) is 9.47 Å². The maximum atomic E-state index is 12.4. The fourth-order valence-electron chi connectivity index (χ4n) is 2.94. The van der Waals surface area contributed by atoms with E-state index in [4.69, 9.17) is 4.74 Å². The zero-order chi connectivity index (χ0) is 23.6. The van der Waals surface area contributed by atoms with Gasteiger partial charge < -0.3 is 14.5 Å². The highest BCUT2D eigenvalue weighted by Gasteiger charge is 2.20. The molecule has 2 heterocycles. The van der Waals surface area contributed by atoms with Crippen LogP contribution in [0.3, 0.4) is 0 Å². The van der Waals surface area contributed by atoms with E-state index >= 15 is 0 Å². The Hall–Kier alpha value is -4.40. The lowest BCUT2D eigenvalue weighted by molar-refractivity contribution is 0.0528. The summed E-state index contributed by atoms with van der Waals surface area (Å²) in [7, 11) is 0. The normalized spacial score (nSPS) is 10.6. The molecule has 170 valence electrons. The summed E-state index contributed by atoms with van der Waals surface area (Å²) in [6.45, 7) is 3.58. The van der Waals surface area contributed by atoms with Crippen LogP contribution in [0.15, 0.2) is 54.7 Å². The molecule has 0 atom stereocenters. The van der Waals surface area contributed by atoms with E-state index in [1.54, 1.807) is 32.2 Å². The van der Waals surface area contributed by atoms with Gasteiger partial charge in [0.2, 0.25) is 0 Å². The lowest BCUT2D eigenvalue weighted by Gasteiger charge is -2.07. The van der Waals surface area contributed by atoms with E-state index < -0.39 is 18.1 Å². The Morgan fingerprint density at radius 2 is 1.76 bits per heavy atom. The van der Waals surface area contributed by atoms with Gasteiger partial charge in [0.05, 0.1) is 18.9 Å². The molecule has 0 fully saturated rings. The Kier molecular flexibility index (Phi) is 7.96. The number of imide groups is 1. The first kappa shape index (κ1) is 23.3. The largest absolute Gasteiger partial charge is 0.462 e. The highest BCUT2D eigenvalue weighted by atomic mass is 16.5. The Balaban J connectivity index is 1.86. The Labute approximate surface area is 190 Å². The maximum Gasteiger partial charge on any atom is 0.415 e. The molecule has 9 nitrogen and oxygen atoms in total. The number of hydrogen-bond acceptors (Lipinski definition) is 6. The van der Waals surface area contributed by atoms with Gasteiger partial charge in [-0.3, -0.25) is 10.3 Å². The van der Waals surface area contributed by atoms with Gasteiger partial charge in [-0.1, -0.05) is 36.4 Å². The Bertz CT molecular complexity index is 1150. The van der Waals surface area contributed by atoms with Crippen molar-refractivity contribution >= 4 is 36.1 Å². The number of carbonyl (C=O) groups excluding carboxylic acids is 3. The number of anilines is 1. The van der Waals surface area contributed by atoms with Crippen molar-refractivity contribution in [1.29, 1.82) is 0 Å². The zero-order valence-corrected chi connectivity index (χ0v) is 18.3. The van der Waals surface area contributed by atoms with Gasteiger partial charge in [0.25, 0.3) is 0 Å². The first-order chi connectivity index (χ1) is 16.0. The summed E-state index contributed by atoms with van der Waals surface area (Å²) in [5.41, 5.74) is 3.15. The van der Waals surface area contributed by atoms with Crippen LogP contribution >= 0.6 is 0 Å². The van der Waals surface area contributed by atoms with Crippen molar-refractivity contribution in [1.82, 2.24) is 15.3 Å². The van der Waals surface area contributed by atoms with Crippen molar-refractivity contribution in [2.75, 3.05) is 18.5 Å². The molecule has 0 unspecified atom stereocenters. The van der Waals surface area contributed by atoms with Crippen molar-refractivity contribution in [3.63, 3.8) is 0 Å². The number of alkyl carbamates (subject to hydrolysis) is 1. The van der Waals surface area contributed by atoms with E-state index in [-0.39, 0.29) is 24.6 Å². The van der Waals surface area contributed by atoms with Crippen LogP contribution in [0.1, 0.15) is 35.5 Å². The molecule has 0 saturated carbocycles. The van der Waals surface area contributed by atoms with Gasteiger partial charge in [0, 0.05) is 17.5 Å². The predicted molar refractivity (Wildman–Crippen MR) is 125 cm³/mol. The van der Waals surface area contributed by atoms with E-state index in [2.05, 4.69) is 20.0 Å². The number of amides is 3. The van der Waals surface area contributed by atoms with Crippen molar-refractivity contribution < 1.29 is 23.9 Å². The number of aromatic amines is 1. The summed E-state index contributed by atoms with van der Waals surface area (Å²) in [6, 6.07) is 14.1. The summed E-state index contributed by atoms with van der Waals surface area (Å²) >= 11 is 0. The highest BCUT2D eigenvalue weighted by Crippen LogP contribution is 2.26. The monoisotopic (exact) mass is 448 g/mol. The fraction of sp³-hybridized carbons (Fsp3) is 0.167. The van der Waals surface area contributed by atoms with E-state index in [1.807, 2.05) is 53.9 Å². The molecule has 3 N–H and O–H groups in total. The second-order valence-electron chi connectivity index (χ2n) is 6.71. The number of rotatable bonds is 7. The van der Waals surface area contributed by atoms with E-state index in [0.717, 1.165) is 11.1 Å². The molecule has 1 aromatic carbocycles. The molecule has 0 aliphatic rings. The number of pyridine rings is 1. The number of H-pyrrole nitrogens is 1. The fourth-order valence-corrected chi connectivity index (χ4v) is 2.94. The SMILES string of the molecule is CCOC(=O)NC(=O)Nc1[nH]c(-c2ccnc(C=Cc3ccccc3)c2)cc1C(=O)OCC. The van der Waals surface area contributed by atoms with Crippen LogP contribution in [-0.4, -0.2) is 41.3 Å². The molecule has 2 aromatic heterocycles. The molecule has 3 amide bonds. The number of urea groups is 1. The average molecular weight is 448 g/mol. The second-order valence-corrected chi connectivity index (χ2v) is 6.71. The quantitative estimate of drug-likeness (QED) is 0.450. The number of ether oxygens (including phenoxy) is 2. The van der Waals surface area contributed by atoms with Gasteiger partial charge in [-0.25, -0.2) is 19.7 Å². The van der Waals surface area contributed by atoms with Crippen LogP contribution in [0.4, 0.5) is 15.4 Å². The minimum Gasteiger partial charge on any atom is -0.462 e. The molecular formula is C24H24N4O5. The molecule has 3 rings (SSSR count). The van der Waals surface area contributed by atoms with E-state index in [1.165, 1.54) is 0 Å². The van der Waals surface area contributed by atoms with Gasteiger partial charge in [-0.15, -0.1) is 0 Å². The summed E-state index contributed by atoms with van der Waals surface area (Å²) in [4.78, 5) is 43.4. The van der Waals surface area contributed by atoms with Crippen molar-refractivity contribution in [2.24, 2.45) is 0 Å². The van der Waals surface area contributed by atoms with Gasteiger partial charge in [0.1, 0.15) is 11.4 Å². The predicted octanol–water partition coefficient (Wildman–Crippen LogP) is 4.70. The van der Waals surface area contributed by atoms with Gasteiger partial charge >= 0.3 is 18.1 Å². The van der Waals surface area contributed by atoms with Gasteiger partial charge in [0.15, 0.2) is 0 Å². The number of esters is 1.